The van der Waals surface area contributed by atoms with Gasteiger partial charge in [0.15, 0.2) is 5.16 Å². The van der Waals surface area contributed by atoms with E-state index in [1.165, 1.54) is 18.0 Å². The third kappa shape index (κ3) is 4.25. The van der Waals surface area contributed by atoms with Gasteiger partial charge < -0.3 is 10.1 Å². The summed E-state index contributed by atoms with van der Waals surface area (Å²) >= 11 is 13.3. The van der Waals surface area contributed by atoms with Crippen molar-refractivity contribution in [3.8, 4) is 0 Å². The zero-order valence-corrected chi connectivity index (χ0v) is 14.2. The summed E-state index contributed by atoms with van der Waals surface area (Å²) in [6.07, 6.45) is 3.28. The minimum Gasteiger partial charge on any atom is -0.462 e. The summed E-state index contributed by atoms with van der Waals surface area (Å²) in [4.78, 5) is 20.4. The SMILES string of the molecule is CCOC(=O)c1cnc(SC)nc1Nc1cc(Cl)cc(Cl)c1. The summed E-state index contributed by atoms with van der Waals surface area (Å²) in [6.45, 7) is 2.00. The molecule has 0 saturated heterocycles. The summed E-state index contributed by atoms with van der Waals surface area (Å²) in [5.74, 6) is -0.151. The van der Waals surface area contributed by atoms with E-state index in [2.05, 4.69) is 15.3 Å². The lowest BCUT2D eigenvalue weighted by Gasteiger charge is -2.11. The Kier molecular flexibility index (Phi) is 5.88. The molecule has 1 aromatic heterocycles. The summed E-state index contributed by atoms with van der Waals surface area (Å²) in [5.41, 5.74) is 0.865. The van der Waals surface area contributed by atoms with Crippen molar-refractivity contribution in [3.63, 3.8) is 0 Å². The molecule has 0 bridgehead atoms. The lowest BCUT2D eigenvalue weighted by Crippen LogP contribution is -2.10. The molecule has 0 fully saturated rings. The van der Waals surface area contributed by atoms with Gasteiger partial charge in [-0.2, -0.15) is 0 Å². The van der Waals surface area contributed by atoms with E-state index in [0.717, 1.165) is 0 Å². The zero-order chi connectivity index (χ0) is 16.1. The molecule has 0 aliphatic heterocycles. The summed E-state index contributed by atoms with van der Waals surface area (Å²) in [5, 5.41) is 4.52. The molecule has 0 aliphatic rings. The first-order chi connectivity index (χ1) is 10.5. The molecule has 116 valence electrons. The van der Waals surface area contributed by atoms with Gasteiger partial charge in [-0.3, -0.25) is 0 Å². The Morgan fingerprint density at radius 1 is 1.32 bits per heavy atom. The lowest BCUT2D eigenvalue weighted by molar-refractivity contribution is 0.0526. The molecule has 2 rings (SSSR count). The fourth-order valence-corrected chi connectivity index (χ4v) is 2.55. The van der Waals surface area contributed by atoms with Gasteiger partial charge in [0.05, 0.1) is 6.61 Å². The highest BCUT2D eigenvalue weighted by Crippen LogP contribution is 2.27. The van der Waals surface area contributed by atoms with Crippen LogP contribution in [0.1, 0.15) is 17.3 Å². The number of carbonyl (C=O) groups excluding carboxylic acids is 1. The first-order valence-electron chi connectivity index (χ1n) is 6.34. The number of hydrogen-bond donors (Lipinski definition) is 1. The summed E-state index contributed by atoms with van der Waals surface area (Å²) in [7, 11) is 0. The van der Waals surface area contributed by atoms with E-state index in [4.69, 9.17) is 27.9 Å². The highest BCUT2D eigenvalue weighted by Gasteiger charge is 2.16. The van der Waals surface area contributed by atoms with Crippen molar-refractivity contribution in [2.75, 3.05) is 18.2 Å². The van der Waals surface area contributed by atoms with E-state index in [0.29, 0.717) is 26.7 Å². The lowest BCUT2D eigenvalue weighted by atomic mass is 10.2. The average Bonchev–Trinajstić information content (AvgIpc) is 2.46. The number of ether oxygens (including phenoxy) is 1. The maximum absolute atomic E-state index is 12.0. The van der Waals surface area contributed by atoms with Crippen LogP contribution in [0.3, 0.4) is 0 Å². The van der Waals surface area contributed by atoms with Crippen molar-refractivity contribution in [1.82, 2.24) is 9.97 Å². The molecule has 22 heavy (non-hydrogen) atoms. The standard InChI is InChI=1S/C14H13Cl2N3O2S/c1-3-21-13(20)11-7-17-14(22-2)19-12(11)18-10-5-8(15)4-9(16)6-10/h4-7H,3H2,1-2H3,(H,17,18,19). The quantitative estimate of drug-likeness (QED) is 0.485. The Morgan fingerprint density at radius 2 is 2.00 bits per heavy atom. The van der Waals surface area contributed by atoms with E-state index >= 15 is 0 Å². The highest BCUT2D eigenvalue weighted by molar-refractivity contribution is 7.98. The number of carbonyl (C=O) groups is 1. The fourth-order valence-electron chi connectivity index (χ4n) is 1.68. The van der Waals surface area contributed by atoms with Gasteiger partial charge >= 0.3 is 5.97 Å². The summed E-state index contributed by atoms with van der Waals surface area (Å²) in [6, 6.07) is 4.99. The van der Waals surface area contributed by atoms with Crippen LogP contribution in [-0.2, 0) is 4.74 Å². The Hall–Kier alpha value is -1.50. The van der Waals surface area contributed by atoms with Gasteiger partial charge in [0.2, 0.25) is 0 Å². The van der Waals surface area contributed by atoms with Gasteiger partial charge in [-0.1, -0.05) is 35.0 Å². The Bertz CT molecular complexity index is 678. The molecule has 0 radical (unpaired) electrons. The predicted octanol–water partition coefficient (Wildman–Crippen LogP) is 4.43. The number of rotatable bonds is 5. The molecule has 0 spiro atoms. The molecule has 5 nitrogen and oxygen atoms in total. The molecule has 0 aliphatic carbocycles. The smallest absolute Gasteiger partial charge is 0.343 e. The summed E-state index contributed by atoms with van der Waals surface area (Å²) < 4.78 is 5.01. The predicted molar refractivity (Wildman–Crippen MR) is 89.5 cm³/mol. The first kappa shape index (κ1) is 16.9. The molecule has 0 amide bonds. The van der Waals surface area contributed by atoms with Crippen LogP contribution in [-0.4, -0.2) is 28.8 Å². The van der Waals surface area contributed by atoms with Crippen molar-refractivity contribution in [2.45, 2.75) is 12.1 Å². The number of nitrogens with zero attached hydrogens (tertiary/aromatic N) is 2. The van der Waals surface area contributed by atoms with Crippen LogP contribution in [0.4, 0.5) is 11.5 Å². The number of benzene rings is 1. The van der Waals surface area contributed by atoms with Gasteiger partial charge in [0.1, 0.15) is 11.4 Å². The van der Waals surface area contributed by atoms with E-state index in [1.807, 2.05) is 6.26 Å². The molecule has 8 heteroatoms. The second-order valence-corrected chi connectivity index (χ2v) is 5.77. The topological polar surface area (TPSA) is 64.1 Å². The average molecular weight is 358 g/mol. The number of halogens is 2. The van der Waals surface area contributed by atoms with Crippen LogP contribution in [0, 0.1) is 0 Å². The van der Waals surface area contributed by atoms with Gasteiger partial charge in [0.25, 0.3) is 0 Å². The maximum Gasteiger partial charge on any atom is 0.343 e. The molecule has 1 heterocycles. The molecule has 2 aromatic rings. The number of esters is 1. The fraction of sp³-hybridized carbons (Fsp3) is 0.214. The highest BCUT2D eigenvalue weighted by atomic mass is 35.5. The van der Waals surface area contributed by atoms with Crippen LogP contribution in [0.5, 0.6) is 0 Å². The number of aromatic nitrogens is 2. The van der Waals surface area contributed by atoms with E-state index in [-0.39, 0.29) is 12.2 Å². The number of hydrogen-bond acceptors (Lipinski definition) is 6. The molecular weight excluding hydrogens is 345 g/mol. The molecule has 0 atom stereocenters. The Balaban J connectivity index is 2.40. The number of nitrogens with one attached hydrogen (secondary N) is 1. The molecule has 0 unspecified atom stereocenters. The van der Waals surface area contributed by atoms with Gasteiger partial charge in [0, 0.05) is 21.9 Å². The van der Waals surface area contributed by atoms with Crippen molar-refractivity contribution >= 4 is 52.4 Å². The Labute approximate surface area is 142 Å². The van der Waals surface area contributed by atoms with Crippen molar-refractivity contribution in [1.29, 1.82) is 0 Å². The van der Waals surface area contributed by atoms with Crippen molar-refractivity contribution < 1.29 is 9.53 Å². The van der Waals surface area contributed by atoms with E-state index in [1.54, 1.807) is 25.1 Å². The largest absolute Gasteiger partial charge is 0.462 e. The minimum absolute atomic E-state index is 0.246. The third-order valence-corrected chi connectivity index (χ3v) is 3.57. The number of thioether (sulfide) groups is 1. The second kappa shape index (κ2) is 7.67. The zero-order valence-electron chi connectivity index (χ0n) is 11.9. The Morgan fingerprint density at radius 3 is 2.59 bits per heavy atom. The van der Waals surface area contributed by atoms with Crippen molar-refractivity contribution in [3.05, 3.63) is 40.0 Å². The van der Waals surface area contributed by atoms with Crippen LogP contribution in [0.2, 0.25) is 10.0 Å². The normalized spacial score (nSPS) is 10.4. The number of anilines is 2. The van der Waals surface area contributed by atoms with Crippen molar-refractivity contribution in [2.24, 2.45) is 0 Å². The third-order valence-electron chi connectivity index (χ3n) is 2.57. The molecule has 0 saturated carbocycles. The molecule has 1 aromatic carbocycles. The minimum atomic E-state index is -0.495. The van der Waals surface area contributed by atoms with Crippen LogP contribution in [0.25, 0.3) is 0 Å². The maximum atomic E-state index is 12.0. The monoisotopic (exact) mass is 357 g/mol. The van der Waals surface area contributed by atoms with Gasteiger partial charge in [-0.15, -0.1) is 0 Å². The second-order valence-electron chi connectivity index (χ2n) is 4.12. The van der Waals surface area contributed by atoms with Crippen LogP contribution < -0.4 is 5.32 Å². The molecular formula is C14H13Cl2N3O2S. The molecule has 1 N–H and O–H groups in total. The van der Waals surface area contributed by atoms with E-state index < -0.39 is 5.97 Å². The van der Waals surface area contributed by atoms with E-state index in [9.17, 15) is 4.79 Å². The van der Waals surface area contributed by atoms with Crippen LogP contribution >= 0.6 is 35.0 Å². The van der Waals surface area contributed by atoms with Gasteiger partial charge in [-0.25, -0.2) is 14.8 Å². The first-order valence-corrected chi connectivity index (χ1v) is 8.32. The van der Waals surface area contributed by atoms with Gasteiger partial charge in [-0.05, 0) is 31.4 Å². The van der Waals surface area contributed by atoms with Crippen LogP contribution in [0.15, 0.2) is 29.6 Å².